The normalized spacial score (nSPS) is 12.6. The number of anilines is 1. The van der Waals surface area contributed by atoms with Crippen molar-refractivity contribution in [3.8, 4) is 11.1 Å². The highest BCUT2D eigenvalue weighted by Gasteiger charge is 2.28. The molecule has 7 heteroatoms. The van der Waals surface area contributed by atoms with Crippen molar-refractivity contribution < 1.29 is 9.53 Å². The number of carbonyl (C=O) groups excluding carboxylic acids is 1. The van der Waals surface area contributed by atoms with Gasteiger partial charge in [0.25, 0.3) is 0 Å². The van der Waals surface area contributed by atoms with E-state index in [0.29, 0.717) is 5.56 Å². The molecule has 1 heterocycles. The van der Waals surface area contributed by atoms with Crippen LogP contribution in [0.25, 0.3) is 17.2 Å². The molecule has 0 unspecified atom stereocenters. The van der Waals surface area contributed by atoms with E-state index >= 15 is 0 Å². The highest BCUT2D eigenvalue weighted by molar-refractivity contribution is 6.30. The van der Waals surface area contributed by atoms with Gasteiger partial charge >= 0.3 is 6.09 Å². The fraction of sp³-hybridized carbons (Fsp3) is 0.136. The van der Waals surface area contributed by atoms with Gasteiger partial charge in [-0.25, -0.2) is 14.8 Å². The van der Waals surface area contributed by atoms with Crippen molar-refractivity contribution in [1.29, 1.82) is 0 Å². The fourth-order valence-electron chi connectivity index (χ4n) is 3.47. The van der Waals surface area contributed by atoms with E-state index in [-0.39, 0.29) is 30.2 Å². The smallest absolute Gasteiger partial charge is 0.407 e. The highest BCUT2D eigenvalue weighted by atomic mass is 35.5. The first kappa shape index (κ1) is 19.0. The molecule has 0 spiro atoms. The van der Waals surface area contributed by atoms with Crippen LogP contribution in [0.2, 0.25) is 5.15 Å². The third-order valence-electron chi connectivity index (χ3n) is 4.79. The van der Waals surface area contributed by atoms with Crippen LogP contribution < -0.4 is 11.1 Å². The Labute approximate surface area is 173 Å². The lowest BCUT2D eigenvalue weighted by Gasteiger charge is -2.14. The largest absolute Gasteiger partial charge is 0.449 e. The molecule has 6 nitrogen and oxygen atoms in total. The number of amides is 1. The van der Waals surface area contributed by atoms with Crippen molar-refractivity contribution in [3.05, 3.63) is 82.6 Å². The zero-order chi connectivity index (χ0) is 20.2. The number of nitrogens with one attached hydrogen (secondary N) is 1. The van der Waals surface area contributed by atoms with Crippen LogP contribution in [-0.2, 0) is 4.74 Å². The summed E-state index contributed by atoms with van der Waals surface area (Å²) in [6.07, 6.45) is 4.50. The lowest BCUT2D eigenvalue weighted by atomic mass is 9.98. The molecule has 0 saturated heterocycles. The van der Waals surface area contributed by atoms with E-state index in [1.807, 2.05) is 24.3 Å². The van der Waals surface area contributed by atoms with Gasteiger partial charge in [-0.3, -0.25) is 0 Å². The number of alkyl carbamates (subject to hydrolysis) is 1. The van der Waals surface area contributed by atoms with Crippen LogP contribution in [0, 0.1) is 0 Å². The summed E-state index contributed by atoms with van der Waals surface area (Å²) in [4.78, 5) is 19.9. The van der Waals surface area contributed by atoms with Gasteiger partial charge in [-0.05, 0) is 22.3 Å². The van der Waals surface area contributed by atoms with Gasteiger partial charge in [0, 0.05) is 24.2 Å². The van der Waals surface area contributed by atoms with Crippen molar-refractivity contribution in [2.24, 2.45) is 0 Å². The lowest BCUT2D eigenvalue weighted by Crippen LogP contribution is -2.26. The standard InChI is InChI=1S/C22H19ClN4O2/c23-20-14(12-26-21(24)27-20)6-5-11-25-22(28)29-13-19-17-9-3-1-7-15(17)16-8-2-4-10-18(16)19/h1-10,12,19H,11,13H2,(H,25,28)(H2,24,26,27). The first-order valence-corrected chi connectivity index (χ1v) is 9.54. The molecule has 1 aliphatic rings. The zero-order valence-electron chi connectivity index (χ0n) is 15.5. The summed E-state index contributed by atoms with van der Waals surface area (Å²) in [5.74, 6) is 0.151. The summed E-state index contributed by atoms with van der Waals surface area (Å²) in [5.41, 5.74) is 10.8. The Morgan fingerprint density at radius 2 is 1.79 bits per heavy atom. The Bertz CT molecular complexity index is 1040. The summed E-state index contributed by atoms with van der Waals surface area (Å²) in [5, 5.41) is 2.96. The molecule has 146 valence electrons. The molecule has 29 heavy (non-hydrogen) atoms. The number of hydrogen-bond donors (Lipinski definition) is 2. The number of nitrogen functional groups attached to an aromatic ring is 1. The van der Waals surface area contributed by atoms with Gasteiger partial charge in [-0.1, -0.05) is 72.3 Å². The molecular formula is C22H19ClN4O2. The van der Waals surface area contributed by atoms with E-state index in [9.17, 15) is 4.79 Å². The minimum atomic E-state index is -0.476. The number of rotatable bonds is 5. The second-order valence-electron chi connectivity index (χ2n) is 6.58. The van der Waals surface area contributed by atoms with Crippen molar-refractivity contribution in [2.75, 3.05) is 18.9 Å². The Morgan fingerprint density at radius 3 is 2.45 bits per heavy atom. The third kappa shape index (κ3) is 4.07. The SMILES string of the molecule is Nc1ncc(C=CCNC(=O)OCC2c3ccccc3-c3ccccc32)c(Cl)n1. The Kier molecular flexibility index (Phi) is 5.44. The summed E-state index contributed by atoms with van der Waals surface area (Å²) in [6, 6.07) is 16.4. The Hall–Kier alpha value is -3.38. The minimum absolute atomic E-state index is 0.0365. The van der Waals surface area contributed by atoms with Crippen molar-refractivity contribution >= 4 is 29.7 Å². The molecule has 3 N–H and O–H groups in total. The van der Waals surface area contributed by atoms with Gasteiger partial charge in [0.15, 0.2) is 0 Å². The van der Waals surface area contributed by atoms with Gasteiger partial charge in [-0.2, -0.15) is 0 Å². The highest BCUT2D eigenvalue weighted by Crippen LogP contribution is 2.44. The maximum atomic E-state index is 12.1. The second kappa shape index (κ2) is 8.32. The number of benzene rings is 2. The number of halogens is 1. The van der Waals surface area contributed by atoms with Gasteiger partial charge in [0.05, 0.1) is 0 Å². The average molecular weight is 407 g/mol. The van der Waals surface area contributed by atoms with Crippen LogP contribution in [0.5, 0.6) is 0 Å². The van der Waals surface area contributed by atoms with Gasteiger partial charge in [0.1, 0.15) is 11.8 Å². The number of nitrogens with two attached hydrogens (primary N) is 1. The average Bonchev–Trinajstić information content (AvgIpc) is 3.05. The molecule has 2 aromatic carbocycles. The molecular weight excluding hydrogens is 388 g/mol. The number of nitrogens with zero attached hydrogens (tertiary/aromatic N) is 2. The third-order valence-corrected chi connectivity index (χ3v) is 5.09. The van der Waals surface area contributed by atoms with Crippen molar-refractivity contribution in [1.82, 2.24) is 15.3 Å². The molecule has 0 radical (unpaired) electrons. The molecule has 1 aromatic heterocycles. The maximum absolute atomic E-state index is 12.1. The Morgan fingerprint density at radius 1 is 1.14 bits per heavy atom. The van der Waals surface area contributed by atoms with Crippen LogP contribution >= 0.6 is 11.6 Å². The van der Waals surface area contributed by atoms with Crippen LogP contribution in [0.4, 0.5) is 10.7 Å². The first-order chi connectivity index (χ1) is 14.1. The summed E-state index contributed by atoms with van der Waals surface area (Å²) in [7, 11) is 0. The minimum Gasteiger partial charge on any atom is -0.449 e. The predicted octanol–water partition coefficient (Wildman–Crippen LogP) is 4.26. The molecule has 4 rings (SSSR count). The number of carbonyl (C=O) groups is 1. The van der Waals surface area contributed by atoms with Crippen LogP contribution in [0.15, 0.2) is 60.8 Å². The molecule has 0 saturated carbocycles. The van der Waals surface area contributed by atoms with Gasteiger partial charge < -0.3 is 15.8 Å². The Balaban J connectivity index is 1.34. The summed E-state index contributed by atoms with van der Waals surface area (Å²) in [6.45, 7) is 0.568. The molecule has 0 fully saturated rings. The maximum Gasteiger partial charge on any atom is 0.407 e. The number of hydrogen-bond acceptors (Lipinski definition) is 5. The number of ether oxygens (including phenoxy) is 1. The van der Waals surface area contributed by atoms with E-state index in [4.69, 9.17) is 22.1 Å². The second-order valence-corrected chi connectivity index (χ2v) is 6.94. The van der Waals surface area contributed by atoms with E-state index in [2.05, 4.69) is 39.6 Å². The van der Waals surface area contributed by atoms with E-state index < -0.39 is 6.09 Å². The van der Waals surface area contributed by atoms with E-state index in [0.717, 1.165) is 0 Å². The van der Waals surface area contributed by atoms with Gasteiger partial charge in [-0.15, -0.1) is 0 Å². The molecule has 0 bridgehead atoms. The monoisotopic (exact) mass is 406 g/mol. The van der Waals surface area contributed by atoms with E-state index in [1.165, 1.54) is 28.5 Å². The fourth-order valence-corrected chi connectivity index (χ4v) is 3.67. The predicted molar refractivity (Wildman–Crippen MR) is 114 cm³/mol. The van der Waals surface area contributed by atoms with Crippen LogP contribution in [0.3, 0.4) is 0 Å². The van der Waals surface area contributed by atoms with E-state index in [1.54, 1.807) is 12.2 Å². The lowest BCUT2D eigenvalue weighted by molar-refractivity contribution is 0.144. The van der Waals surface area contributed by atoms with Crippen LogP contribution in [0.1, 0.15) is 22.6 Å². The summed E-state index contributed by atoms with van der Waals surface area (Å²) < 4.78 is 5.48. The molecule has 1 amide bonds. The zero-order valence-corrected chi connectivity index (χ0v) is 16.3. The molecule has 0 atom stereocenters. The van der Waals surface area contributed by atoms with Crippen LogP contribution in [-0.4, -0.2) is 29.2 Å². The molecule has 0 aliphatic heterocycles. The summed E-state index contributed by atoms with van der Waals surface area (Å²) >= 11 is 5.98. The number of fused-ring (bicyclic) bond motifs is 3. The molecule has 3 aromatic rings. The van der Waals surface area contributed by atoms with Crippen molar-refractivity contribution in [2.45, 2.75) is 5.92 Å². The quantitative estimate of drug-likeness (QED) is 0.618. The van der Waals surface area contributed by atoms with Gasteiger partial charge in [0.2, 0.25) is 5.95 Å². The first-order valence-electron chi connectivity index (χ1n) is 9.17. The molecule has 1 aliphatic carbocycles. The van der Waals surface area contributed by atoms with Crippen molar-refractivity contribution in [3.63, 3.8) is 0 Å². The topological polar surface area (TPSA) is 90.1 Å². The number of aromatic nitrogens is 2.